The summed E-state index contributed by atoms with van der Waals surface area (Å²) in [6.45, 7) is 8.10. The number of anilines is 1. The van der Waals surface area contributed by atoms with Crippen LogP contribution in [0.5, 0.6) is 0 Å². The van der Waals surface area contributed by atoms with Crippen LogP contribution < -0.4 is 5.32 Å². The van der Waals surface area contributed by atoms with Crippen LogP contribution in [0.3, 0.4) is 0 Å². The lowest BCUT2D eigenvalue weighted by Gasteiger charge is -2.08. The Morgan fingerprint density at radius 2 is 2.03 bits per heavy atom. The van der Waals surface area contributed by atoms with Gasteiger partial charge in [0.2, 0.25) is 0 Å². The number of esters is 1. The second-order valence-corrected chi connectivity index (χ2v) is 7.85. The standard InChI is InChI=1S/C22H22N4O3S/c1-5-29-22(28)19-15(4)18(11-23)21(30-19)24-20(27)17-8-6-7-16(10-17)12-26-14(3)9-13(2)25-26/h6-10H,5,12H2,1-4H3,(H,24,27). The van der Waals surface area contributed by atoms with Crippen LogP contribution in [0.1, 0.15) is 55.0 Å². The highest BCUT2D eigenvalue weighted by Crippen LogP contribution is 2.33. The third kappa shape index (κ3) is 4.42. The number of carbonyl (C=O) groups is 2. The average Bonchev–Trinajstić information content (AvgIpc) is 3.19. The fourth-order valence-corrected chi connectivity index (χ4v) is 4.17. The maximum absolute atomic E-state index is 12.8. The number of nitrogens with one attached hydrogen (secondary N) is 1. The Kier molecular flexibility index (Phi) is 6.33. The zero-order valence-corrected chi connectivity index (χ0v) is 18.1. The Bertz CT molecular complexity index is 1150. The third-order valence-corrected chi connectivity index (χ3v) is 5.76. The van der Waals surface area contributed by atoms with Crippen molar-refractivity contribution in [1.82, 2.24) is 9.78 Å². The van der Waals surface area contributed by atoms with Gasteiger partial charge < -0.3 is 10.1 Å². The van der Waals surface area contributed by atoms with E-state index in [9.17, 15) is 14.9 Å². The molecule has 3 rings (SSSR count). The largest absolute Gasteiger partial charge is 0.462 e. The predicted octanol–water partition coefficient (Wildman–Crippen LogP) is 4.22. The minimum absolute atomic E-state index is 0.238. The highest BCUT2D eigenvalue weighted by atomic mass is 32.1. The minimum Gasteiger partial charge on any atom is -0.462 e. The van der Waals surface area contributed by atoms with E-state index in [0.29, 0.717) is 27.5 Å². The van der Waals surface area contributed by atoms with E-state index in [1.54, 1.807) is 26.0 Å². The van der Waals surface area contributed by atoms with Gasteiger partial charge in [0, 0.05) is 11.3 Å². The number of ether oxygens (including phenoxy) is 1. The molecule has 0 radical (unpaired) electrons. The molecule has 8 heteroatoms. The van der Waals surface area contributed by atoms with E-state index in [2.05, 4.69) is 16.5 Å². The summed E-state index contributed by atoms with van der Waals surface area (Å²) in [5.41, 5.74) is 4.16. The van der Waals surface area contributed by atoms with Gasteiger partial charge in [-0.25, -0.2) is 4.79 Å². The molecular formula is C22H22N4O3S. The maximum Gasteiger partial charge on any atom is 0.348 e. The Labute approximate surface area is 178 Å². The highest BCUT2D eigenvalue weighted by Gasteiger charge is 2.22. The molecule has 0 bridgehead atoms. The summed E-state index contributed by atoms with van der Waals surface area (Å²) in [6, 6.07) is 11.3. The number of aromatic nitrogens is 2. The van der Waals surface area contributed by atoms with E-state index in [1.165, 1.54) is 0 Å². The fraction of sp³-hybridized carbons (Fsp3) is 0.273. The number of nitriles is 1. The van der Waals surface area contributed by atoms with Crippen molar-refractivity contribution in [3.63, 3.8) is 0 Å². The summed E-state index contributed by atoms with van der Waals surface area (Å²) in [5, 5.41) is 17.0. The Balaban J connectivity index is 1.83. The van der Waals surface area contributed by atoms with Crippen LogP contribution >= 0.6 is 11.3 Å². The second kappa shape index (κ2) is 8.93. The summed E-state index contributed by atoms with van der Waals surface area (Å²) in [6.07, 6.45) is 0. The van der Waals surface area contributed by atoms with Crippen molar-refractivity contribution in [1.29, 1.82) is 5.26 Å². The van der Waals surface area contributed by atoms with Gasteiger partial charge in [0.05, 0.1) is 24.4 Å². The fourth-order valence-electron chi connectivity index (χ4n) is 3.12. The number of thiophene rings is 1. The average molecular weight is 423 g/mol. The summed E-state index contributed by atoms with van der Waals surface area (Å²) in [5.74, 6) is -0.845. The van der Waals surface area contributed by atoms with Crippen molar-refractivity contribution in [3.8, 4) is 6.07 Å². The third-order valence-electron chi connectivity index (χ3n) is 4.57. The molecule has 1 aromatic carbocycles. The van der Waals surface area contributed by atoms with Crippen LogP contribution in [0, 0.1) is 32.1 Å². The van der Waals surface area contributed by atoms with Crippen LogP contribution in [0.2, 0.25) is 0 Å². The van der Waals surface area contributed by atoms with Gasteiger partial charge in [0.1, 0.15) is 15.9 Å². The quantitative estimate of drug-likeness (QED) is 0.600. The topological polar surface area (TPSA) is 97.0 Å². The van der Waals surface area contributed by atoms with E-state index in [4.69, 9.17) is 4.74 Å². The normalized spacial score (nSPS) is 10.5. The van der Waals surface area contributed by atoms with Crippen LogP contribution in [0.4, 0.5) is 5.00 Å². The second-order valence-electron chi connectivity index (χ2n) is 6.83. The van der Waals surface area contributed by atoms with Gasteiger partial charge in [-0.05, 0) is 57.0 Å². The molecule has 0 atom stereocenters. The number of nitrogens with zero attached hydrogens (tertiary/aromatic N) is 3. The van der Waals surface area contributed by atoms with Gasteiger partial charge in [0.25, 0.3) is 5.91 Å². The Morgan fingerprint density at radius 3 is 2.67 bits per heavy atom. The molecule has 0 saturated heterocycles. The van der Waals surface area contributed by atoms with E-state index in [-0.39, 0.29) is 18.1 Å². The number of benzene rings is 1. The molecule has 0 unspecified atom stereocenters. The van der Waals surface area contributed by atoms with Gasteiger partial charge in [-0.15, -0.1) is 11.3 Å². The number of rotatable bonds is 6. The van der Waals surface area contributed by atoms with E-state index >= 15 is 0 Å². The van der Waals surface area contributed by atoms with Crippen LogP contribution in [-0.2, 0) is 11.3 Å². The lowest BCUT2D eigenvalue weighted by atomic mass is 10.1. The summed E-state index contributed by atoms with van der Waals surface area (Å²) >= 11 is 1.05. The number of carbonyl (C=O) groups excluding carboxylic acids is 2. The van der Waals surface area contributed by atoms with Gasteiger partial charge in [-0.1, -0.05) is 12.1 Å². The molecule has 0 aliphatic carbocycles. The molecule has 0 aliphatic heterocycles. The first-order chi connectivity index (χ1) is 14.3. The monoisotopic (exact) mass is 422 g/mol. The van der Waals surface area contributed by atoms with Crippen molar-refractivity contribution in [2.75, 3.05) is 11.9 Å². The van der Waals surface area contributed by atoms with E-state index < -0.39 is 5.97 Å². The first-order valence-corrected chi connectivity index (χ1v) is 10.3. The van der Waals surface area contributed by atoms with Gasteiger partial charge in [-0.2, -0.15) is 10.4 Å². The van der Waals surface area contributed by atoms with Crippen molar-refractivity contribution in [2.24, 2.45) is 0 Å². The molecule has 0 fully saturated rings. The lowest BCUT2D eigenvalue weighted by Crippen LogP contribution is -2.12. The van der Waals surface area contributed by atoms with Gasteiger partial charge in [-0.3, -0.25) is 9.48 Å². The Hall–Kier alpha value is -3.44. The Morgan fingerprint density at radius 1 is 1.27 bits per heavy atom. The van der Waals surface area contributed by atoms with Gasteiger partial charge in [0.15, 0.2) is 0 Å². The molecule has 30 heavy (non-hydrogen) atoms. The molecular weight excluding hydrogens is 400 g/mol. The van der Waals surface area contributed by atoms with Crippen LogP contribution in [0.15, 0.2) is 30.3 Å². The maximum atomic E-state index is 12.8. The van der Waals surface area contributed by atoms with E-state index in [1.807, 2.05) is 36.7 Å². The molecule has 154 valence electrons. The number of amides is 1. The van der Waals surface area contributed by atoms with Crippen LogP contribution in [-0.4, -0.2) is 28.3 Å². The van der Waals surface area contributed by atoms with Gasteiger partial charge >= 0.3 is 5.97 Å². The minimum atomic E-state index is -0.496. The molecule has 0 aliphatic rings. The molecule has 0 saturated carbocycles. The van der Waals surface area contributed by atoms with E-state index in [0.717, 1.165) is 28.3 Å². The molecule has 0 spiro atoms. The SMILES string of the molecule is CCOC(=O)c1sc(NC(=O)c2cccc(Cn3nc(C)cc3C)c2)c(C#N)c1C. The van der Waals surface area contributed by atoms with Crippen molar-refractivity contribution >= 4 is 28.2 Å². The smallest absolute Gasteiger partial charge is 0.348 e. The first kappa shape index (κ1) is 21.3. The molecule has 1 amide bonds. The van der Waals surface area contributed by atoms with Crippen molar-refractivity contribution in [3.05, 3.63) is 68.9 Å². The molecule has 3 aromatic rings. The zero-order chi connectivity index (χ0) is 21.8. The predicted molar refractivity (Wildman–Crippen MR) is 115 cm³/mol. The van der Waals surface area contributed by atoms with Crippen molar-refractivity contribution in [2.45, 2.75) is 34.2 Å². The van der Waals surface area contributed by atoms with Crippen LogP contribution in [0.25, 0.3) is 0 Å². The lowest BCUT2D eigenvalue weighted by molar-refractivity contribution is 0.0531. The summed E-state index contributed by atoms with van der Waals surface area (Å²) in [4.78, 5) is 25.3. The zero-order valence-electron chi connectivity index (χ0n) is 17.3. The van der Waals surface area contributed by atoms with Crippen molar-refractivity contribution < 1.29 is 14.3 Å². The molecule has 7 nitrogen and oxygen atoms in total. The summed E-state index contributed by atoms with van der Waals surface area (Å²) < 4.78 is 6.92. The first-order valence-electron chi connectivity index (χ1n) is 9.46. The molecule has 1 N–H and O–H groups in total. The number of aryl methyl sites for hydroxylation is 2. The summed E-state index contributed by atoms with van der Waals surface area (Å²) in [7, 11) is 0. The highest BCUT2D eigenvalue weighted by molar-refractivity contribution is 7.18. The number of hydrogen-bond acceptors (Lipinski definition) is 6. The molecule has 2 heterocycles. The molecule has 2 aromatic heterocycles. The number of hydrogen-bond donors (Lipinski definition) is 1.